The van der Waals surface area contributed by atoms with E-state index >= 15 is 0 Å². The number of carbonyl (C=O) groups is 1. The summed E-state index contributed by atoms with van der Waals surface area (Å²) in [7, 11) is 0. The molecule has 5 nitrogen and oxygen atoms in total. The summed E-state index contributed by atoms with van der Waals surface area (Å²) in [6.07, 6.45) is 0.673. The molecule has 1 N–H and O–H groups in total. The first kappa shape index (κ1) is 19.6. The van der Waals surface area contributed by atoms with E-state index in [9.17, 15) is 4.79 Å². The summed E-state index contributed by atoms with van der Waals surface area (Å²) in [5.74, 6) is 1.34. The molecule has 1 aliphatic heterocycles. The Labute approximate surface area is 151 Å². The Morgan fingerprint density at radius 3 is 2.72 bits per heavy atom. The molecule has 0 aliphatic carbocycles. The van der Waals surface area contributed by atoms with E-state index in [1.54, 1.807) is 4.90 Å². The van der Waals surface area contributed by atoms with Crippen LogP contribution < -0.4 is 10.1 Å². The molecule has 0 radical (unpaired) electrons. The zero-order valence-corrected chi connectivity index (χ0v) is 16.2. The van der Waals surface area contributed by atoms with Gasteiger partial charge in [-0.1, -0.05) is 32.0 Å². The maximum atomic E-state index is 12.3. The van der Waals surface area contributed by atoms with E-state index in [2.05, 4.69) is 25.2 Å². The fourth-order valence-electron chi connectivity index (χ4n) is 3.05. The minimum atomic E-state index is -0.468. The van der Waals surface area contributed by atoms with Crippen LogP contribution in [0.3, 0.4) is 0 Å². The number of hydrogen-bond acceptors (Lipinski definition) is 4. The van der Waals surface area contributed by atoms with Crippen LogP contribution in [0.25, 0.3) is 0 Å². The fraction of sp³-hybridized carbons (Fsp3) is 0.650. The summed E-state index contributed by atoms with van der Waals surface area (Å²) in [6.45, 7) is 12.7. The molecular formula is C20H32N2O3. The van der Waals surface area contributed by atoms with Gasteiger partial charge in [-0.15, -0.1) is 0 Å². The van der Waals surface area contributed by atoms with E-state index in [0.717, 1.165) is 18.7 Å². The first-order valence-electron chi connectivity index (χ1n) is 9.25. The minimum Gasteiger partial charge on any atom is -0.493 e. The van der Waals surface area contributed by atoms with E-state index in [4.69, 9.17) is 9.47 Å². The van der Waals surface area contributed by atoms with Crippen molar-refractivity contribution in [3.05, 3.63) is 29.8 Å². The fourth-order valence-corrected chi connectivity index (χ4v) is 3.05. The molecule has 1 aromatic carbocycles. The van der Waals surface area contributed by atoms with Crippen LogP contribution in [0.4, 0.5) is 4.79 Å². The van der Waals surface area contributed by atoms with Crippen molar-refractivity contribution in [2.75, 3.05) is 26.2 Å². The van der Waals surface area contributed by atoms with Gasteiger partial charge in [0.05, 0.1) is 6.61 Å². The van der Waals surface area contributed by atoms with Crippen LogP contribution in [-0.4, -0.2) is 42.8 Å². The average molecular weight is 348 g/mol. The van der Waals surface area contributed by atoms with Crippen LogP contribution in [0.5, 0.6) is 5.75 Å². The third-order valence-electron chi connectivity index (χ3n) is 4.22. The minimum absolute atomic E-state index is 0.239. The molecule has 2 rings (SSSR count). The second-order valence-corrected chi connectivity index (χ2v) is 7.73. The Bertz CT molecular complexity index is 568. The maximum absolute atomic E-state index is 12.3. The molecule has 0 fully saturated rings. The van der Waals surface area contributed by atoms with Gasteiger partial charge in [-0.2, -0.15) is 0 Å². The van der Waals surface area contributed by atoms with Crippen LogP contribution in [0.15, 0.2) is 24.3 Å². The summed E-state index contributed by atoms with van der Waals surface area (Å²) >= 11 is 0. The van der Waals surface area contributed by atoms with Crippen molar-refractivity contribution < 1.29 is 14.3 Å². The van der Waals surface area contributed by atoms with Crippen molar-refractivity contribution in [2.24, 2.45) is 5.92 Å². The van der Waals surface area contributed by atoms with E-state index in [1.807, 2.05) is 39.0 Å². The normalized spacial score (nSPS) is 19.7. The highest BCUT2D eigenvalue weighted by Gasteiger charge is 2.28. The van der Waals surface area contributed by atoms with Crippen LogP contribution in [0.2, 0.25) is 0 Å². The van der Waals surface area contributed by atoms with Crippen LogP contribution in [-0.2, 0) is 4.74 Å². The quantitative estimate of drug-likeness (QED) is 0.844. The topological polar surface area (TPSA) is 50.8 Å². The molecule has 25 heavy (non-hydrogen) atoms. The van der Waals surface area contributed by atoms with Gasteiger partial charge in [-0.05, 0) is 33.3 Å². The zero-order valence-electron chi connectivity index (χ0n) is 16.2. The van der Waals surface area contributed by atoms with Gasteiger partial charge in [0, 0.05) is 37.2 Å². The first-order chi connectivity index (χ1) is 11.8. The third-order valence-corrected chi connectivity index (χ3v) is 4.22. The van der Waals surface area contributed by atoms with Gasteiger partial charge >= 0.3 is 6.09 Å². The van der Waals surface area contributed by atoms with Gasteiger partial charge in [0.1, 0.15) is 11.4 Å². The molecule has 2 atom stereocenters. The van der Waals surface area contributed by atoms with Crippen molar-refractivity contribution in [1.82, 2.24) is 10.2 Å². The second kappa shape index (κ2) is 8.56. The molecule has 2 unspecified atom stereocenters. The predicted molar refractivity (Wildman–Crippen MR) is 99.9 cm³/mol. The lowest BCUT2D eigenvalue weighted by Crippen LogP contribution is -2.43. The Morgan fingerprint density at radius 2 is 2.04 bits per heavy atom. The number of amides is 1. The number of para-hydroxylation sites is 1. The molecule has 1 aliphatic rings. The van der Waals surface area contributed by atoms with Crippen molar-refractivity contribution in [3.8, 4) is 5.75 Å². The average Bonchev–Trinajstić information content (AvgIpc) is 2.54. The van der Waals surface area contributed by atoms with Gasteiger partial charge in [-0.3, -0.25) is 0 Å². The lowest BCUT2D eigenvalue weighted by molar-refractivity contribution is 0.0248. The Morgan fingerprint density at radius 1 is 1.32 bits per heavy atom. The number of benzene rings is 1. The molecule has 1 aromatic rings. The van der Waals surface area contributed by atoms with Crippen molar-refractivity contribution in [2.45, 2.75) is 52.7 Å². The Kier molecular flexibility index (Phi) is 6.71. The molecular weight excluding hydrogens is 316 g/mol. The molecule has 0 saturated carbocycles. The standard InChI is InChI=1S/C20H32N2O3/c1-6-12-22(19(23)25-20(3,4)5)13-11-21-18-15(2)14-24-17-10-8-7-9-16(17)18/h7-10,15,18,21H,6,11-14H2,1-5H3. The summed E-state index contributed by atoms with van der Waals surface area (Å²) in [4.78, 5) is 14.1. The third kappa shape index (κ3) is 5.63. The highest BCUT2D eigenvalue weighted by molar-refractivity contribution is 5.68. The van der Waals surface area contributed by atoms with Crippen LogP contribution in [0.1, 0.15) is 52.6 Å². The molecule has 1 amide bonds. The van der Waals surface area contributed by atoms with Gasteiger partial charge in [0.2, 0.25) is 0 Å². The van der Waals surface area contributed by atoms with E-state index < -0.39 is 5.60 Å². The smallest absolute Gasteiger partial charge is 0.410 e. The number of fused-ring (bicyclic) bond motifs is 1. The van der Waals surface area contributed by atoms with Crippen molar-refractivity contribution in [1.29, 1.82) is 0 Å². The molecule has 0 saturated heterocycles. The van der Waals surface area contributed by atoms with Gasteiger partial charge in [0.15, 0.2) is 0 Å². The van der Waals surface area contributed by atoms with Crippen LogP contribution >= 0.6 is 0 Å². The SMILES string of the molecule is CCCN(CCNC1c2ccccc2OCC1C)C(=O)OC(C)(C)C. The molecule has 0 bridgehead atoms. The number of ether oxygens (including phenoxy) is 2. The molecule has 0 spiro atoms. The number of nitrogens with zero attached hydrogens (tertiary/aromatic N) is 1. The highest BCUT2D eigenvalue weighted by Crippen LogP contribution is 2.34. The Balaban J connectivity index is 1.94. The highest BCUT2D eigenvalue weighted by atomic mass is 16.6. The van der Waals surface area contributed by atoms with Gasteiger partial charge in [-0.25, -0.2) is 4.79 Å². The molecule has 1 heterocycles. The lowest BCUT2D eigenvalue weighted by Gasteiger charge is -2.33. The summed E-state index contributed by atoms with van der Waals surface area (Å²) in [6, 6.07) is 8.41. The number of hydrogen-bond donors (Lipinski definition) is 1. The number of carbonyl (C=O) groups excluding carboxylic acids is 1. The number of rotatable bonds is 6. The van der Waals surface area contributed by atoms with Crippen molar-refractivity contribution >= 4 is 6.09 Å². The molecule has 5 heteroatoms. The molecule has 0 aromatic heterocycles. The zero-order chi connectivity index (χ0) is 18.4. The largest absolute Gasteiger partial charge is 0.493 e. The summed E-state index contributed by atoms with van der Waals surface area (Å²) < 4.78 is 11.3. The van der Waals surface area contributed by atoms with E-state index in [1.165, 1.54) is 5.56 Å². The van der Waals surface area contributed by atoms with Crippen molar-refractivity contribution in [3.63, 3.8) is 0 Å². The Hall–Kier alpha value is -1.75. The predicted octanol–water partition coefficient (Wildman–Crippen LogP) is 3.99. The second-order valence-electron chi connectivity index (χ2n) is 7.73. The molecule has 140 valence electrons. The monoisotopic (exact) mass is 348 g/mol. The maximum Gasteiger partial charge on any atom is 0.410 e. The lowest BCUT2D eigenvalue weighted by atomic mass is 9.92. The van der Waals surface area contributed by atoms with Gasteiger partial charge in [0.25, 0.3) is 0 Å². The van der Waals surface area contributed by atoms with Crippen LogP contribution in [0, 0.1) is 5.92 Å². The van der Waals surface area contributed by atoms with E-state index in [-0.39, 0.29) is 12.1 Å². The summed E-state index contributed by atoms with van der Waals surface area (Å²) in [5.41, 5.74) is 0.727. The van der Waals surface area contributed by atoms with Gasteiger partial charge < -0.3 is 19.7 Å². The first-order valence-corrected chi connectivity index (χ1v) is 9.25. The van der Waals surface area contributed by atoms with E-state index in [0.29, 0.717) is 25.6 Å². The summed E-state index contributed by atoms with van der Waals surface area (Å²) in [5, 5.41) is 3.60. The number of nitrogens with one attached hydrogen (secondary N) is 1.